The van der Waals surface area contributed by atoms with Gasteiger partial charge in [0.15, 0.2) is 5.78 Å². The van der Waals surface area contributed by atoms with Crippen molar-refractivity contribution in [2.45, 2.75) is 71.5 Å². The van der Waals surface area contributed by atoms with Gasteiger partial charge in [-0.1, -0.05) is 13.8 Å². The minimum Gasteiger partial charge on any atom is -0.331 e. The number of likely N-dealkylation sites (tertiary alicyclic amines) is 2. The van der Waals surface area contributed by atoms with Gasteiger partial charge in [-0.25, -0.2) is 0 Å². The highest BCUT2D eigenvalue weighted by Gasteiger charge is 2.41. The van der Waals surface area contributed by atoms with Crippen LogP contribution in [0.15, 0.2) is 0 Å². The number of hydrogen-bond acceptors (Lipinski definition) is 3. The monoisotopic (exact) mass is 280 g/mol. The van der Waals surface area contributed by atoms with Crippen molar-refractivity contribution in [3.63, 3.8) is 0 Å². The molecule has 4 nitrogen and oxygen atoms in total. The third-order valence-corrected chi connectivity index (χ3v) is 4.68. The fourth-order valence-corrected chi connectivity index (χ4v) is 3.57. The minimum absolute atomic E-state index is 0.00411. The summed E-state index contributed by atoms with van der Waals surface area (Å²) in [6.07, 6.45) is 3.84. The standard InChI is InChI=1S/C16H28N2O2/c1-11(2)15(19)13-7-5-10-18(13)16(20)14-8-6-9-17(14)12(3)4/h11-14H,5-10H2,1-4H3. The van der Waals surface area contributed by atoms with Gasteiger partial charge < -0.3 is 4.90 Å². The quantitative estimate of drug-likeness (QED) is 0.791. The SMILES string of the molecule is CC(C)C(=O)C1CCCN1C(=O)C1CCCN1C(C)C. The van der Waals surface area contributed by atoms with Gasteiger partial charge in [0.25, 0.3) is 0 Å². The van der Waals surface area contributed by atoms with E-state index >= 15 is 0 Å². The van der Waals surface area contributed by atoms with Gasteiger partial charge in [-0.3, -0.25) is 14.5 Å². The average Bonchev–Trinajstić information content (AvgIpc) is 3.05. The lowest BCUT2D eigenvalue weighted by molar-refractivity contribution is -0.142. The first kappa shape index (κ1) is 15.5. The number of nitrogens with zero attached hydrogens (tertiary/aromatic N) is 2. The number of carbonyl (C=O) groups excluding carboxylic acids is 2. The Morgan fingerprint density at radius 1 is 0.950 bits per heavy atom. The van der Waals surface area contributed by atoms with E-state index in [2.05, 4.69) is 18.7 Å². The van der Waals surface area contributed by atoms with Gasteiger partial charge in [0.1, 0.15) is 0 Å². The molecule has 0 radical (unpaired) electrons. The third kappa shape index (κ3) is 2.90. The van der Waals surface area contributed by atoms with E-state index in [9.17, 15) is 9.59 Å². The largest absolute Gasteiger partial charge is 0.331 e. The van der Waals surface area contributed by atoms with Crippen molar-refractivity contribution in [1.29, 1.82) is 0 Å². The topological polar surface area (TPSA) is 40.6 Å². The molecule has 0 aromatic rings. The molecule has 2 unspecified atom stereocenters. The van der Waals surface area contributed by atoms with Crippen LogP contribution in [0.1, 0.15) is 53.4 Å². The van der Waals surface area contributed by atoms with Crippen molar-refractivity contribution < 1.29 is 9.59 Å². The number of hydrogen-bond donors (Lipinski definition) is 0. The highest BCUT2D eigenvalue weighted by molar-refractivity contribution is 5.92. The third-order valence-electron chi connectivity index (χ3n) is 4.68. The summed E-state index contributed by atoms with van der Waals surface area (Å²) < 4.78 is 0. The van der Waals surface area contributed by atoms with E-state index in [0.29, 0.717) is 6.04 Å². The van der Waals surface area contributed by atoms with Crippen molar-refractivity contribution in [2.75, 3.05) is 13.1 Å². The maximum absolute atomic E-state index is 12.8. The lowest BCUT2D eigenvalue weighted by Gasteiger charge is -2.33. The number of amides is 1. The molecular weight excluding hydrogens is 252 g/mol. The van der Waals surface area contributed by atoms with Crippen LogP contribution in [0.4, 0.5) is 0 Å². The average molecular weight is 280 g/mol. The van der Waals surface area contributed by atoms with Crippen LogP contribution in [-0.4, -0.2) is 52.7 Å². The van der Waals surface area contributed by atoms with Gasteiger partial charge in [0, 0.05) is 18.5 Å². The fraction of sp³-hybridized carbons (Fsp3) is 0.875. The first-order chi connectivity index (χ1) is 9.43. The maximum Gasteiger partial charge on any atom is 0.240 e. The predicted molar refractivity (Wildman–Crippen MR) is 79.4 cm³/mol. The molecule has 0 aliphatic carbocycles. The molecule has 0 saturated carbocycles. The van der Waals surface area contributed by atoms with E-state index in [4.69, 9.17) is 0 Å². The van der Waals surface area contributed by atoms with E-state index in [0.717, 1.165) is 38.8 Å². The Morgan fingerprint density at radius 2 is 1.55 bits per heavy atom. The van der Waals surface area contributed by atoms with Crippen LogP contribution in [0, 0.1) is 5.92 Å². The van der Waals surface area contributed by atoms with Gasteiger partial charge in [-0.05, 0) is 46.1 Å². The molecule has 2 aliphatic rings. The lowest BCUT2D eigenvalue weighted by Crippen LogP contribution is -2.51. The maximum atomic E-state index is 12.8. The van der Waals surface area contributed by atoms with Crippen LogP contribution in [-0.2, 0) is 9.59 Å². The van der Waals surface area contributed by atoms with Gasteiger partial charge in [0.2, 0.25) is 5.91 Å². The molecule has 20 heavy (non-hydrogen) atoms. The summed E-state index contributed by atoms with van der Waals surface area (Å²) in [7, 11) is 0. The highest BCUT2D eigenvalue weighted by atomic mass is 16.2. The Balaban J connectivity index is 2.09. The zero-order chi connectivity index (χ0) is 14.9. The number of Topliss-reactive ketones (excluding diaryl/α,β-unsaturated/α-hetero) is 1. The van der Waals surface area contributed by atoms with Crippen molar-refractivity contribution in [2.24, 2.45) is 5.92 Å². The number of rotatable bonds is 4. The molecule has 4 heteroatoms. The molecule has 2 aliphatic heterocycles. The Hall–Kier alpha value is -0.900. The Morgan fingerprint density at radius 3 is 2.15 bits per heavy atom. The molecule has 2 fully saturated rings. The van der Waals surface area contributed by atoms with Gasteiger partial charge in [-0.15, -0.1) is 0 Å². The molecule has 2 rings (SSSR count). The minimum atomic E-state index is -0.169. The van der Waals surface area contributed by atoms with Crippen molar-refractivity contribution in [3.8, 4) is 0 Å². The van der Waals surface area contributed by atoms with E-state index in [1.807, 2.05) is 18.7 Å². The predicted octanol–water partition coefficient (Wildman–Crippen LogP) is 2.08. The van der Waals surface area contributed by atoms with Crippen molar-refractivity contribution in [3.05, 3.63) is 0 Å². The second kappa shape index (κ2) is 6.25. The normalized spacial score (nSPS) is 27.8. The summed E-state index contributed by atoms with van der Waals surface area (Å²) in [6, 6.07) is 0.223. The fourth-order valence-electron chi connectivity index (χ4n) is 3.57. The van der Waals surface area contributed by atoms with Crippen LogP contribution in [0.25, 0.3) is 0 Å². The molecule has 0 bridgehead atoms. The summed E-state index contributed by atoms with van der Waals surface area (Å²) >= 11 is 0. The van der Waals surface area contributed by atoms with Gasteiger partial charge in [0.05, 0.1) is 12.1 Å². The number of carbonyl (C=O) groups is 2. The molecule has 114 valence electrons. The summed E-state index contributed by atoms with van der Waals surface area (Å²) in [5.74, 6) is 0.427. The van der Waals surface area contributed by atoms with Crippen LogP contribution in [0.5, 0.6) is 0 Å². The highest BCUT2D eigenvalue weighted by Crippen LogP contribution is 2.27. The zero-order valence-corrected chi connectivity index (χ0v) is 13.3. The first-order valence-electron chi connectivity index (χ1n) is 8.03. The molecule has 1 amide bonds. The Labute approximate surface area is 122 Å². The number of ketones is 1. The van der Waals surface area contributed by atoms with E-state index < -0.39 is 0 Å². The summed E-state index contributed by atoms with van der Waals surface area (Å²) in [6.45, 7) is 9.91. The molecule has 0 spiro atoms. The Bertz CT molecular complexity index is 379. The summed E-state index contributed by atoms with van der Waals surface area (Å²) in [4.78, 5) is 29.3. The summed E-state index contributed by atoms with van der Waals surface area (Å²) in [5.41, 5.74) is 0. The molecule has 0 N–H and O–H groups in total. The van der Waals surface area contributed by atoms with Crippen LogP contribution in [0.2, 0.25) is 0 Å². The molecule has 0 aromatic heterocycles. The van der Waals surface area contributed by atoms with Crippen LogP contribution in [0.3, 0.4) is 0 Å². The molecule has 0 aromatic carbocycles. The van der Waals surface area contributed by atoms with Crippen molar-refractivity contribution in [1.82, 2.24) is 9.80 Å². The van der Waals surface area contributed by atoms with Crippen molar-refractivity contribution >= 4 is 11.7 Å². The molecule has 2 heterocycles. The van der Waals surface area contributed by atoms with Crippen LogP contribution < -0.4 is 0 Å². The second-order valence-corrected chi connectivity index (χ2v) is 6.74. The van der Waals surface area contributed by atoms with Gasteiger partial charge >= 0.3 is 0 Å². The van der Waals surface area contributed by atoms with E-state index in [1.54, 1.807) is 0 Å². The van der Waals surface area contributed by atoms with Crippen LogP contribution >= 0.6 is 0 Å². The first-order valence-corrected chi connectivity index (χ1v) is 8.03. The second-order valence-electron chi connectivity index (χ2n) is 6.74. The molecule has 2 saturated heterocycles. The Kier molecular flexibility index (Phi) is 4.84. The molecular formula is C16H28N2O2. The smallest absolute Gasteiger partial charge is 0.240 e. The lowest BCUT2D eigenvalue weighted by atomic mass is 9.99. The zero-order valence-electron chi connectivity index (χ0n) is 13.3. The molecule has 2 atom stereocenters. The van der Waals surface area contributed by atoms with E-state index in [1.165, 1.54) is 0 Å². The summed E-state index contributed by atoms with van der Waals surface area (Å²) in [5, 5.41) is 0. The van der Waals surface area contributed by atoms with Gasteiger partial charge in [-0.2, -0.15) is 0 Å². The van der Waals surface area contributed by atoms with E-state index in [-0.39, 0.29) is 29.7 Å².